The van der Waals surface area contributed by atoms with Crippen LogP contribution >= 0.6 is 11.6 Å². The average Bonchev–Trinajstić information content (AvgIpc) is 3.26. The van der Waals surface area contributed by atoms with Crippen LogP contribution < -0.4 is 0 Å². The van der Waals surface area contributed by atoms with Crippen LogP contribution in [0.2, 0.25) is 5.02 Å². The fraction of sp³-hybridized carbons (Fsp3) is 0.417. The molecule has 0 radical (unpaired) electrons. The van der Waals surface area contributed by atoms with Gasteiger partial charge in [0.2, 0.25) is 0 Å². The summed E-state index contributed by atoms with van der Waals surface area (Å²) in [4.78, 5) is 15.5. The lowest BCUT2D eigenvalue weighted by Crippen LogP contribution is -2.52. The van der Waals surface area contributed by atoms with Gasteiger partial charge in [-0.25, -0.2) is 14.1 Å². The van der Waals surface area contributed by atoms with Crippen molar-refractivity contribution in [2.24, 2.45) is 5.10 Å². The number of nitrogens with zero attached hydrogens (tertiary/aromatic N) is 5. The van der Waals surface area contributed by atoms with Crippen molar-refractivity contribution >= 4 is 33.6 Å². The third-order valence-corrected chi connectivity index (χ3v) is 8.07. The van der Waals surface area contributed by atoms with Gasteiger partial charge >= 0.3 is 16.2 Å². The highest BCUT2D eigenvalue weighted by Crippen LogP contribution is 2.30. The first-order valence-electron chi connectivity index (χ1n) is 11.3. The molecule has 1 heterocycles. The van der Waals surface area contributed by atoms with Crippen molar-refractivity contribution in [2.75, 3.05) is 46.8 Å². The second kappa shape index (κ2) is 11.3. The number of rotatable bonds is 9. The molecular formula is C24H32ClN5O3S. The van der Waals surface area contributed by atoms with Crippen LogP contribution in [0.15, 0.2) is 59.7 Å². The lowest BCUT2D eigenvalue weighted by molar-refractivity contribution is 0.178. The number of hydrogen-bond donors (Lipinski definition) is 0. The first kappa shape index (κ1) is 26.2. The van der Waals surface area contributed by atoms with Crippen molar-refractivity contribution in [3.05, 3.63) is 70.7 Å². The summed E-state index contributed by atoms with van der Waals surface area (Å²) < 4.78 is 29.0. The van der Waals surface area contributed by atoms with Crippen LogP contribution in [0.1, 0.15) is 30.9 Å². The first-order valence-corrected chi connectivity index (χ1v) is 13.1. The van der Waals surface area contributed by atoms with Crippen molar-refractivity contribution < 1.29 is 13.2 Å². The molecule has 1 aliphatic rings. The molecule has 3 rings (SSSR count). The number of carbonyl (C=O) groups excluding carboxylic acids is 1. The zero-order valence-electron chi connectivity index (χ0n) is 20.1. The minimum absolute atomic E-state index is 0.0307. The molecule has 0 aliphatic carbocycles. The quantitative estimate of drug-likeness (QED) is 0.520. The van der Waals surface area contributed by atoms with E-state index in [4.69, 9.17) is 11.6 Å². The molecule has 0 N–H and O–H groups in total. The Kier molecular flexibility index (Phi) is 8.70. The highest BCUT2D eigenvalue weighted by atomic mass is 35.5. The van der Waals surface area contributed by atoms with E-state index in [9.17, 15) is 13.2 Å². The Hall–Kier alpha value is -2.46. The van der Waals surface area contributed by atoms with Crippen LogP contribution in [0.25, 0.3) is 0 Å². The van der Waals surface area contributed by atoms with Crippen molar-refractivity contribution in [3.63, 3.8) is 0 Å². The van der Waals surface area contributed by atoms with Gasteiger partial charge in [-0.3, -0.25) is 0 Å². The topological polar surface area (TPSA) is 76.5 Å². The van der Waals surface area contributed by atoms with E-state index >= 15 is 0 Å². The molecule has 0 bridgehead atoms. The van der Waals surface area contributed by atoms with Gasteiger partial charge in [-0.1, -0.05) is 67.9 Å². The van der Waals surface area contributed by atoms with Gasteiger partial charge in [0.25, 0.3) is 0 Å². The molecule has 10 heteroatoms. The molecule has 1 unspecified atom stereocenters. The van der Waals surface area contributed by atoms with Crippen molar-refractivity contribution in [1.82, 2.24) is 18.5 Å². The fourth-order valence-corrected chi connectivity index (χ4v) is 5.53. The van der Waals surface area contributed by atoms with Gasteiger partial charge in [0.05, 0.1) is 18.8 Å². The summed E-state index contributed by atoms with van der Waals surface area (Å²) in [6.45, 7) is 4.74. The van der Waals surface area contributed by atoms with Crippen LogP contribution in [0, 0.1) is 0 Å². The molecule has 34 heavy (non-hydrogen) atoms. The Morgan fingerprint density at radius 2 is 1.65 bits per heavy atom. The molecule has 184 valence electrons. The highest BCUT2D eigenvalue weighted by molar-refractivity contribution is 7.87. The smallest absolute Gasteiger partial charge is 0.308 e. The lowest BCUT2D eigenvalue weighted by atomic mass is 9.91. The summed E-state index contributed by atoms with van der Waals surface area (Å²) in [6.07, 6.45) is 0. The monoisotopic (exact) mass is 505 g/mol. The van der Waals surface area contributed by atoms with E-state index in [0.29, 0.717) is 17.3 Å². The Morgan fingerprint density at radius 3 is 2.21 bits per heavy atom. The van der Waals surface area contributed by atoms with Gasteiger partial charge in [-0.05, 0) is 37.4 Å². The SMILES string of the molecule is CCN(CC)S(=O)(=O)N(CCN(C)C)C(=O)N1CC(c2ccccc2)C(c2ccc(Cl)cc2)=N1. The summed E-state index contributed by atoms with van der Waals surface area (Å²) >= 11 is 6.07. The van der Waals surface area contributed by atoms with Crippen LogP contribution in [-0.2, 0) is 10.2 Å². The largest absolute Gasteiger partial charge is 0.355 e. The summed E-state index contributed by atoms with van der Waals surface area (Å²) in [7, 11) is -0.327. The Labute approximate surface area is 207 Å². The van der Waals surface area contributed by atoms with E-state index in [1.54, 1.807) is 26.0 Å². The summed E-state index contributed by atoms with van der Waals surface area (Å²) in [5, 5.41) is 6.52. The highest BCUT2D eigenvalue weighted by Gasteiger charge is 2.39. The third kappa shape index (κ3) is 5.78. The molecule has 0 saturated heterocycles. The minimum Gasteiger partial charge on any atom is -0.308 e. The molecule has 2 aromatic carbocycles. The van der Waals surface area contributed by atoms with Crippen LogP contribution in [-0.4, -0.2) is 85.5 Å². The van der Waals surface area contributed by atoms with E-state index in [2.05, 4.69) is 5.10 Å². The zero-order chi connectivity index (χ0) is 24.9. The van der Waals surface area contributed by atoms with Crippen LogP contribution in [0.5, 0.6) is 0 Å². The summed E-state index contributed by atoms with van der Waals surface area (Å²) in [5.41, 5.74) is 2.53. The summed E-state index contributed by atoms with van der Waals surface area (Å²) in [6, 6.07) is 16.4. The van der Waals surface area contributed by atoms with Gasteiger partial charge in [-0.15, -0.1) is 0 Å². The predicted molar refractivity (Wildman–Crippen MR) is 136 cm³/mol. The number of hydrazone groups is 1. The molecule has 1 atom stereocenters. The molecule has 0 fully saturated rings. The normalized spacial score (nSPS) is 16.3. The maximum atomic E-state index is 13.6. The number of hydrogen-bond acceptors (Lipinski definition) is 5. The van der Waals surface area contributed by atoms with E-state index < -0.39 is 16.2 Å². The molecule has 8 nitrogen and oxygen atoms in total. The molecule has 0 saturated carbocycles. The third-order valence-electron chi connectivity index (χ3n) is 5.75. The van der Waals surface area contributed by atoms with Crippen LogP contribution in [0.3, 0.4) is 0 Å². The fourth-order valence-electron chi connectivity index (χ4n) is 3.87. The van der Waals surface area contributed by atoms with E-state index in [1.807, 2.05) is 61.5 Å². The molecule has 2 amide bonds. The second-order valence-corrected chi connectivity index (χ2v) is 10.6. The molecule has 0 aromatic heterocycles. The van der Waals surface area contributed by atoms with Gasteiger partial charge < -0.3 is 4.90 Å². The zero-order valence-corrected chi connectivity index (χ0v) is 21.6. The maximum Gasteiger partial charge on any atom is 0.355 e. The Morgan fingerprint density at radius 1 is 1.03 bits per heavy atom. The first-order chi connectivity index (χ1) is 16.2. The second-order valence-electron chi connectivity index (χ2n) is 8.29. The number of likely N-dealkylation sites (N-methyl/N-ethyl adjacent to an activating group) is 1. The van der Waals surface area contributed by atoms with Gasteiger partial charge in [-0.2, -0.15) is 17.8 Å². The van der Waals surface area contributed by atoms with Gasteiger partial charge in [0, 0.05) is 30.6 Å². The van der Waals surface area contributed by atoms with Gasteiger partial charge in [0.1, 0.15) is 0 Å². The molecular weight excluding hydrogens is 474 g/mol. The number of amides is 2. The molecule has 2 aromatic rings. The Bertz CT molecular complexity index is 1100. The average molecular weight is 506 g/mol. The number of benzene rings is 2. The predicted octanol–water partition coefficient (Wildman–Crippen LogP) is 3.71. The number of halogens is 1. The minimum atomic E-state index is -4.00. The van der Waals surface area contributed by atoms with Crippen molar-refractivity contribution in [2.45, 2.75) is 19.8 Å². The molecule has 1 aliphatic heterocycles. The Balaban J connectivity index is 2.00. The van der Waals surface area contributed by atoms with Crippen molar-refractivity contribution in [3.8, 4) is 0 Å². The molecule has 0 spiro atoms. The standard InChI is InChI=1S/C24H32ClN5O3S/c1-5-28(6-2)34(32,33)30(17-16-27(3)4)24(31)29-18-22(19-10-8-7-9-11-19)23(26-29)20-12-14-21(25)15-13-20/h7-15,22H,5-6,16-18H2,1-4H3. The number of carbonyl (C=O) groups is 1. The van der Waals surface area contributed by atoms with E-state index in [-0.39, 0.29) is 32.1 Å². The van der Waals surface area contributed by atoms with E-state index in [0.717, 1.165) is 15.4 Å². The van der Waals surface area contributed by atoms with E-state index in [1.165, 1.54) is 9.31 Å². The van der Waals surface area contributed by atoms with Crippen LogP contribution in [0.4, 0.5) is 4.79 Å². The van der Waals surface area contributed by atoms with Gasteiger partial charge in [0.15, 0.2) is 0 Å². The lowest BCUT2D eigenvalue weighted by Gasteiger charge is -2.31. The maximum absolute atomic E-state index is 13.6. The number of urea groups is 1. The summed E-state index contributed by atoms with van der Waals surface area (Å²) in [5.74, 6) is -0.196. The van der Waals surface area contributed by atoms with Crippen molar-refractivity contribution in [1.29, 1.82) is 0 Å².